The predicted octanol–water partition coefficient (Wildman–Crippen LogP) is 5.39. The molecule has 0 aliphatic carbocycles. The highest BCUT2D eigenvalue weighted by molar-refractivity contribution is 7.15. The molecule has 0 saturated heterocycles. The van der Waals surface area contributed by atoms with Crippen LogP contribution in [0.2, 0.25) is 0 Å². The lowest BCUT2D eigenvalue weighted by atomic mass is 10.1. The third-order valence-electron chi connectivity index (χ3n) is 3.92. The van der Waals surface area contributed by atoms with Gasteiger partial charge >= 0.3 is 0 Å². The van der Waals surface area contributed by atoms with Gasteiger partial charge in [-0.05, 0) is 54.4 Å². The largest absolute Gasteiger partial charge is 0.494 e. The highest BCUT2D eigenvalue weighted by atomic mass is 32.1. The van der Waals surface area contributed by atoms with Gasteiger partial charge in [-0.2, -0.15) is 10.2 Å². The standard InChI is InChI=1S/C23H18FN3OS/c1-4-18-7-6-17(12-21(18)24)13-26-27-15-20-9-8-19(29-20)14-25-22-11-16(2)5-10-23(22)28-3/h1,5-15H,2-3H3/b25-14+,26-13+,27-15+. The van der Waals surface area contributed by atoms with Crippen LogP contribution in [0.15, 0.2) is 63.7 Å². The van der Waals surface area contributed by atoms with Crippen molar-refractivity contribution >= 4 is 35.7 Å². The van der Waals surface area contributed by atoms with E-state index < -0.39 is 5.82 Å². The Bertz CT molecular complexity index is 1140. The van der Waals surface area contributed by atoms with Gasteiger partial charge in [0.05, 0.1) is 25.1 Å². The van der Waals surface area contributed by atoms with Crippen LogP contribution in [-0.2, 0) is 0 Å². The van der Waals surface area contributed by atoms with Gasteiger partial charge in [0.2, 0.25) is 0 Å². The number of methoxy groups -OCH3 is 1. The first-order valence-electron chi connectivity index (χ1n) is 8.70. The molecule has 0 amide bonds. The van der Waals surface area contributed by atoms with Crippen molar-refractivity contribution in [2.45, 2.75) is 6.92 Å². The number of terminal acetylenes is 1. The van der Waals surface area contributed by atoms with E-state index in [1.165, 1.54) is 29.7 Å². The summed E-state index contributed by atoms with van der Waals surface area (Å²) in [6.07, 6.45) is 10.1. The third-order valence-corrected chi connectivity index (χ3v) is 4.87. The lowest BCUT2D eigenvalue weighted by molar-refractivity contribution is 0.416. The zero-order valence-electron chi connectivity index (χ0n) is 16.0. The van der Waals surface area contributed by atoms with Crippen molar-refractivity contribution in [2.24, 2.45) is 15.2 Å². The number of aliphatic imine (C=N–C) groups is 1. The fraction of sp³-hybridized carbons (Fsp3) is 0.0870. The summed E-state index contributed by atoms with van der Waals surface area (Å²) in [5.74, 6) is 2.55. The Morgan fingerprint density at radius 2 is 1.76 bits per heavy atom. The number of hydrogen-bond donors (Lipinski definition) is 0. The van der Waals surface area contributed by atoms with Crippen molar-refractivity contribution in [3.63, 3.8) is 0 Å². The Balaban J connectivity index is 1.65. The molecule has 0 aliphatic heterocycles. The van der Waals surface area contributed by atoms with E-state index in [9.17, 15) is 4.39 Å². The normalized spacial score (nSPS) is 11.5. The number of hydrogen-bond acceptors (Lipinski definition) is 5. The highest BCUT2D eigenvalue weighted by Gasteiger charge is 2.02. The summed E-state index contributed by atoms with van der Waals surface area (Å²) in [5.41, 5.74) is 2.71. The highest BCUT2D eigenvalue weighted by Crippen LogP contribution is 2.28. The number of aryl methyl sites for hydroxylation is 1. The zero-order valence-corrected chi connectivity index (χ0v) is 16.8. The first-order valence-corrected chi connectivity index (χ1v) is 9.52. The Morgan fingerprint density at radius 3 is 2.48 bits per heavy atom. The maximum Gasteiger partial charge on any atom is 0.144 e. The average molecular weight is 403 g/mol. The van der Waals surface area contributed by atoms with E-state index in [1.807, 2.05) is 37.3 Å². The van der Waals surface area contributed by atoms with E-state index in [0.29, 0.717) is 5.56 Å². The summed E-state index contributed by atoms with van der Waals surface area (Å²) < 4.78 is 19.0. The molecular formula is C23H18FN3OS. The van der Waals surface area contributed by atoms with Crippen LogP contribution in [0.4, 0.5) is 10.1 Å². The molecule has 0 radical (unpaired) electrons. The van der Waals surface area contributed by atoms with Crippen LogP contribution in [0.5, 0.6) is 5.75 Å². The molecule has 3 rings (SSSR count). The summed E-state index contributed by atoms with van der Waals surface area (Å²) in [6, 6.07) is 14.3. The Morgan fingerprint density at radius 1 is 1.00 bits per heavy atom. The first kappa shape index (κ1) is 20.2. The number of rotatable bonds is 6. The second-order valence-corrected chi connectivity index (χ2v) is 7.19. The van der Waals surface area contributed by atoms with Crippen molar-refractivity contribution in [1.29, 1.82) is 0 Å². The number of benzene rings is 2. The fourth-order valence-electron chi connectivity index (χ4n) is 2.46. The number of halogens is 1. The van der Waals surface area contributed by atoms with Gasteiger partial charge in [0, 0.05) is 16.0 Å². The summed E-state index contributed by atoms with van der Waals surface area (Å²) in [7, 11) is 1.63. The SMILES string of the molecule is C#Cc1ccc(/C=N/N=C/c2ccc(/C=N/c3cc(C)ccc3OC)s2)cc1F. The van der Waals surface area contributed by atoms with Crippen LogP contribution in [0.25, 0.3) is 0 Å². The van der Waals surface area contributed by atoms with Gasteiger partial charge in [0.25, 0.3) is 0 Å². The molecule has 144 valence electrons. The zero-order chi connectivity index (χ0) is 20.6. The molecule has 0 atom stereocenters. The minimum Gasteiger partial charge on any atom is -0.494 e. The molecule has 0 spiro atoms. The van der Waals surface area contributed by atoms with E-state index in [-0.39, 0.29) is 5.56 Å². The van der Waals surface area contributed by atoms with Crippen LogP contribution in [-0.4, -0.2) is 25.8 Å². The molecule has 0 aliphatic rings. The Labute approximate surface area is 173 Å². The summed E-state index contributed by atoms with van der Waals surface area (Å²) in [6.45, 7) is 2.01. The molecule has 0 unspecified atom stereocenters. The van der Waals surface area contributed by atoms with Crippen molar-refractivity contribution in [1.82, 2.24) is 0 Å². The van der Waals surface area contributed by atoms with Crippen LogP contribution in [0.3, 0.4) is 0 Å². The van der Waals surface area contributed by atoms with Gasteiger partial charge in [-0.1, -0.05) is 18.1 Å². The van der Waals surface area contributed by atoms with Crippen molar-refractivity contribution in [2.75, 3.05) is 7.11 Å². The number of thiophene rings is 1. The molecule has 1 heterocycles. The molecule has 3 aromatic rings. The van der Waals surface area contributed by atoms with Crippen LogP contribution < -0.4 is 4.74 Å². The van der Waals surface area contributed by atoms with E-state index in [1.54, 1.807) is 25.6 Å². The third kappa shape index (κ3) is 5.47. The van der Waals surface area contributed by atoms with Gasteiger partial charge in [0.15, 0.2) is 0 Å². The maximum absolute atomic E-state index is 13.6. The molecule has 0 N–H and O–H groups in total. The van der Waals surface area contributed by atoms with Gasteiger partial charge in [0.1, 0.15) is 17.3 Å². The van der Waals surface area contributed by atoms with Gasteiger partial charge in [-0.3, -0.25) is 4.99 Å². The molecule has 6 heteroatoms. The van der Waals surface area contributed by atoms with Crippen molar-refractivity contribution in [3.8, 4) is 18.1 Å². The molecular weight excluding hydrogens is 385 g/mol. The van der Waals surface area contributed by atoms with E-state index >= 15 is 0 Å². The molecule has 2 aromatic carbocycles. The van der Waals surface area contributed by atoms with Crippen LogP contribution >= 0.6 is 11.3 Å². The fourth-order valence-corrected chi connectivity index (χ4v) is 3.21. The van der Waals surface area contributed by atoms with Crippen molar-refractivity contribution in [3.05, 3.63) is 80.8 Å². The summed E-state index contributed by atoms with van der Waals surface area (Å²) in [4.78, 5) is 6.42. The molecule has 4 nitrogen and oxygen atoms in total. The summed E-state index contributed by atoms with van der Waals surface area (Å²) >= 11 is 1.53. The van der Waals surface area contributed by atoms with E-state index in [2.05, 4.69) is 21.1 Å². The number of nitrogens with zero attached hydrogens (tertiary/aromatic N) is 3. The van der Waals surface area contributed by atoms with Gasteiger partial charge < -0.3 is 4.74 Å². The molecule has 1 aromatic heterocycles. The Hall–Kier alpha value is -3.56. The van der Waals surface area contributed by atoms with Crippen LogP contribution in [0, 0.1) is 25.1 Å². The van der Waals surface area contributed by atoms with Gasteiger partial charge in [-0.25, -0.2) is 4.39 Å². The predicted molar refractivity (Wildman–Crippen MR) is 119 cm³/mol. The van der Waals surface area contributed by atoms with E-state index in [0.717, 1.165) is 26.8 Å². The van der Waals surface area contributed by atoms with Crippen molar-refractivity contribution < 1.29 is 9.13 Å². The van der Waals surface area contributed by atoms with Crippen LogP contribution in [0.1, 0.15) is 26.4 Å². The first-order chi connectivity index (χ1) is 14.1. The minimum atomic E-state index is -0.451. The number of ether oxygens (including phenoxy) is 1. The molecule has 29 heavy (non-hydrogen) atoms. The second-order valence-electron chi connectivity index (χ2n) is 6.05. The molecule has 0 bridgehead atoms. The maximum atomic E-state index is 13.6. The molecule has 0 saturated carbocycles. The lowest BCUT2D eigenvalue weighted by Crippen LogP contribution is -1.87. The topological polar surface area (TPSA) is 46.3 Å². The second kappa shape index (κ2) is 9.58. The minimum absolute atomic E-state index is 0.224. The quantitative estimate of drug-likeness (QED) is 0.309. The smallest absolute Gasteiger partial charge is 0.144 e. The Kier molecular flexibility index (Phi) is 6.67. The van der Waals surface area contributed by atoms with E-state index in [4.69, 9.17) is 11.2 Å². The average Bonchev–Trinajstić information content (AvgIpc) is 3.18. The molecule has 0 fully saturated rings. The summed E-state index contributed by atoms with van der Waals surface area (Å²) in [5, 5.41) is 7.96. The van der Waals surface area contributed by atoms with Gasteiger partial charge in [-0.15, -0.1) is 17.8 Å². The monoisotopic (exact) mass is 403 g/mol. The lowest BCUT2D eigenvalue weighted by Gasteiger charge is -2.04.